The molecule has 25 heavy (non-hydrogen) atoms. The third kappa shape index (κ3) is 3.35. The van der Waals surface area contributed by atoms with Crippen LogP contribution in [-0.2, 0) is 4.74 Å². The van der Waals surface area contributed by atoms with E-state index in [0.29, 0.717) is 12.2 Å². The lowest BCUT2D eigenvalue weighted by Crippen LogP contribution is -2.51. The molecular weight excluding hydrogens is 316 g/mol. The Labute approximate surface area is 147 Å². The first-order chi connectivity index (χ1) is 12.3. The fourth-order valence-corrected chi connectivity index (χ4v) is 3.80. The molecule has 0 aliphatic carbocycles. The lowest BCUT2D eigenvalue weighted by molar-refractivity contribution is 0.00907. The number of carbonyl (C=O) groups excluding carboxylic acids is 1. The summed E-state index contributed by atoms with van der Waals surface area (Å²) in [4.78, 5) is 25.3. The van der Waals surface area contributed by atoms with Gasteiger partial charge in [-0.2, -0.15) is 0 Å². The highest BCUT2D eigenvalue weighted by atomic mass is 16.5. The van der Waals surface area contributed by atoms with Gasteiger partial charge in [0.1, 0.15) is 0 Å². The molecule has 4 rings (SSSR count). The van der Waals surface area contributed by atoms with Crippen molar-refractivity contribution in [2.45, 2.75) is 25.0 Å². The number of hydrogen-bond donors (Lipinski definition) is 0. The summed E-state index contributed by atoms with van der Waals surface area (Å²) in [5.74, 6) is 0.0778. The number of carbonyl (C=O) groups is 1. The smallest absolute Gasteiger partial charge is 0.253 e. The number of morpholine rings is 1. The van der Waals surface area contributed by atoms with Gasteiger partial charge in [0.15, 0.2) is 0 Å². The summed E-state index contributed by atoms with van der Waals surface area (Å²) >= 11 is 0. The second-order valence-corrected chi connectivity index (χ2v) is 6.49. The molecule has 2 aromatic heterocycles. The molecule has 0 unspecified atom stereocenters. The van der Waals surface area contributed by atoms with Crippen LogP contribution in [0, 0.1) is 0 Å². The summed E-state index contributed by atoms with van der Waals surface area (Å²) in [7, 11) is 0. The number of likely N-dealkylation sites (tertiary alicyclic amines) is 1. The number of anilines is 1. The first kappa shape index (κ1) is 16.0. The maximum Gasteiger partial charge on any atom is 0.253 e. The van der Waals surface area contributed by atoms with E-state index >= 15 is 0 Å². The Hall–Kier alpha value is -2.47. The van der Waals surface area contributed by atoms with Gasteiger partial charge in [0.2, 0.25) is 0 Å². The Kier molecular flexibility index (Phi) is 4.61. The van der Waals surface area contributed by atoms with Crippen molar-refractivity contribution in [2.24, 2.45) is 0 Å². The number of pyridine rings is 2. The van der Waals surface area contributed by atoms with Crippen LogP contribution in [0.4, 0.5) is 5.69 Å². The van der Waals surface area contributed by atoms with Gasteiger partial charge in [-0.05, 0) is 37.1 Å². The largest absolute Gasteiger partial charge is 0.374 e. The van der Waals surface area contributed by atoms with Crippen LogP contribution in [-0.4, -0.2) is 59.2 Å². The van der Waals surface area contributed by atoms with Crippen molar-refractivity contribution >= 4 is 11.6 Å². The molecule has 4 heterocycles. The van der Waals surface area contributed by atoms with Crippen LogP contribution in [0.15, 0.2) is 49.1 Å². The van der Waals surface area contributed by atoms with Gasteiger partial charge < -0.3 is 14.5 Å². The fraction of sp³-hybridized carbons (Fsp3) is 0.421. The Morgan fingerprint density at radius 2 is 1.88 bits per heavy atom. The number of aromatic nitrogens is 2. The standard InChI is InChI=1S/C19H22N4O2/c24-19(15-3-8-20-9-4-15)22-10-5-17-18(6-11-22)25-13-12-23(17)16-2-1-7-21-14-16/h1-4,7-9,14,17-18H,5-6,10-13H2/t17-,18-/m0/s1. The molecule has 6 heteroatoms. The van der Waals surface area contributed by atoms with Crippen molar-refractivity contribution in [2.75, 3.05) is 31.1 Å². The maximum atomic E-state index is 12.7. The molecule has 2 aliphatic heterocycles. The molecular formula is C19H22N4O2. The van der Waals surface area contributed by atoms with Crippen molar-refractivity contribution in [3.05, 3.63) is 54.6 Å². The van der Waals surface area contributed by atoms with E-state index in [0.717, 1.165) is 38.2 Å². The molecule has 0 N–H and O–H groups in total. The van der Waals surface area contributed by atoms with Gasteiger partial charge in [-0.25, -0.2) is 0 Å². The van der Waals surface area contributed by atoms with Gasteiger partial charge in [0.25, 0.3) is 5.91 Å². The lowest BCUT2D eigenvalue weighted by atomic mass is 10.0. The SMILES string of the molecule is O=C(c1ccncc1)N1CC[C@@H]2OCCN(c3cccnc3)[C@H]2CC1. The van der Waals surface area contributed by atoms with E-state index in [4.69, 9.17) is 4.74 Å². The van der Waals surface area contributed by atoms with Gasteiger partial charge in [0, 0.05) is 43.8 Å². The molecule has 2 aromatic rings. The minimum absolute atomic E-state index is 0.0778. The topological polar surface area (TPSA) is 58.6 Å². The van der Waals surface area contributed by atoms with E-state index in [1.807, 2.05) is 17.2 Å². The van der Waals surface area contributed by atoms with Crippen LogP contribution in [0.25, 0.3) is 0 Å². The molecule has 2 fully saturated rings. The summed E-state index contributed by atoms with van der Waals surface area (Å²) in [5, 5.41) is 0. The van der Waals surface area contributed by atoms with E-state index in [1.54, 1.807) is 30.7 Å². The summed E-state index contributed by atoms with van der Waals surface area (Å²) in [5.41, 5.74) is 1.83. The number of rotatable bonds is 2. The van der Waals surface area contributed by atoms with Gasteiger partial charge >= 0.3 is 0 Å². The van der Waals surface area contributed by atoms with E-state index in [-0.39, 0.29) is 18.1 Å². The first-order valence-electron chi connectivity index (χ1n) is 8.80. The van der Waals surface area contributed by atoms with E-state index in [2.05, 4.69) is 20.9 Å². The quantitative estimate of drug-likeness (QED) is 0.838. The normalized spacial score (nSPS) is 23.7. The van der Waals surface area contributed by atoms with Crippen LogP contribution in [0.5, 0.6) is 0 Å². The van der Waals surface area contributed by atoms with Gasteiger partial charge in [0.05, 0.1) is 30.6 Å². The molecule has 130 valence electrons. The Balaban J connectivity index is 1.50. The zero-order valence-electron chi connectivity index (χ0n) is 14.1. The van der Waals surface area contributed by atoms with Crippen molar-refractivity contribution in [3.8, 4) is 0 Å². The molecule has 0 bridgehead atoms. The Morgan fingerprint density at radius 3 is 2.68 bits per heavy atom. The number of ether oxygens (including phenoxy) is 1. The van der Waals surface area contributed by atoms with E-state index < -0.39 is 0 Å². The van der Waals surface area contributed by atoms with Crippen molar-refractivity contribution < 1.29 is 9.53 Å². The average molecular weight is 338 g/mol. The molecule has 2 aliphatic rings. The Bertz CT molecular complexity index is 710. The minimum Gasteiger partial charge on any atom is -0.374 e. The molecule has 0 aromatic carbocycles. The van der Waals surface area contributed by atoms with Gasteiger partial charge in [-0.1, -0.05) is 0 Å². The zero-order valence-corrected chi connectivity index (χ0v) is 14.1. The molecule has 6 nitrogen and oxygen atoms in total. The number of hydrogen-bond acceptors (Lipinski definition) is 5. The molecule has 0 saturated carbocycles. The van der Waals surface area contributed by atoms with E-state index in [1.165, 1.54) is 0 Å². The molecule has 2 atom stereocenters. The van der Waals surface area contributed by atoms with Crippen LogP contribution in [0.3, 0.4) is 0 Å². The maximum absolute atomic E-state index is 12.7. The minimum atomic E-state index is 0.0778. The second kappa shape index (κ2) is 7.19. The molecule has 0 radical (unpaired) electrons. The highest BCUT2D eigenvalue weighted by Gasteiger charge is 2.36. The van der Waals surface area contributed by atoms with Crippen LogP contribution >= 0.6 is 0 Å². The molecule has 2 saturated heterocycles. The summed E-state index contributed by atoms with van der Waals surface area (Å²) in [6, 6.07) is 7.90. The zero-order chi connectivity index (χ0) is 17.1. The van der Waals surface area contributed by atoms with Crippen LogP contribution < -0.4 is 4.90 Å². The second-order valence-electron chi connectivity index (χ2n) is 6.49. The van der Waals surface area contributed by atoms with Crippen molar-refractivity contribution in [1.82, 2.24) is 14.9 Å². The summed E-state index contributed by atoms with van der Waals surface area (Å²) < 4.78 is 6.04. The fourth-order valence-electron chi connectivity index (χ4n) is 3.80. The highest BCUT2D eigenvalue weighted by Crippen LogP contribution is 2.28. The number of amides is 1. The average Bonchev–Trinajstić information content (AvgIpc) is 2.91. The third-order valence-electron chi connectivity index (χ3n) is 5.06. The monoisotopic (exact) mass is 338 g/mol. The molecule has 0 spiro atoms. The summed E-state index contributed by atoms with van der Waals surface area (Å²) in [6.07, 6.45) is 8.95. The summed E-state index contributed by atoms with van der Waals surface area (Å²) in [6.45, 7) is 3.05. The van der Waals surface area contributed by atoms with Crippen LogP contribution in [0.1, 0.15) is 23.2 Å². The Morgan fingerprint density at radius 1 is 1.04 bits per heavy atom. The van der Waals surface area contributed by atoms with Crippen molar-refractivity contribution in [1.29, 1.82) is 0 Å². The van der Waals surface area contributed by atoms with Crippen molar-refractivity contribution in [3.63, 3.8) is 0 Å². The molecule has 1 amide bonds. The highest BCUT2D eigenvalue weighted by molar-refractivity contribution is 5.94. The van der Waals surface area contributed by atoms with Gasteiger partial charge in [-0.15, -0.1) is 0 Å². The van der Waals surface area contributed by atoms with Gasteiger partial charge in [-0.3, -0.25) is 14.8 Å². The number of nitrogens with zero attached hydrogens (tertiary/aromatic N) is 4. The van der Waals surface area contributed by atoms with E-state index in [9.17, 15) is 4.79 Å². The number of fused-ring (bicyclic) bond motifs is 1. The predicted octanol–water partition coefficient (Wildman–Crippen LogP) is 1.99. The lowest BCUT2D eigenvalue weighted by Gasteiger charge is -2.41. The first-order valence-corrected chi connectivity index (χ1v) is 8.80. The predicted molar refractivity (Wildman–Crippen MR) is 94.5 cm³/mol. The van der Waals surface area contributed by atoms with Crippen LogP contribution in [0.2, 0.25) is 0 Å². The third-order valence-corrected chi connectivity index (χ3v) is 5.06.